The van der Waals surface area contributed by atoms with Crippen LogP contribution in [0.1, 0.15) is 11.4 Å². The van der Waals surface area contributed by atoms with Crippen LogP contribution in [0.15, 0.2) is 24.3 Å². The minimum absolute atomic E-state index is 0.0510. The van der Waals surface area contributed by atoms with Crippen molar-refractivity contribution in [3.8, 4) is 10.6 Å². The Morgan fingerprint density at radius 1 is 1.38 bits per heavy atom. The van der Waals surface area contributed by atoms with Crippen molar-refractivity contribution >= 4 is 17.5 Å². The van der Waals surface area contributed by atoms with Crippen LogP contribution in [0, 0.1) is 6.92 Å². The molecule has 1 N–H and O–H groups in total. The Balaban J connectivity index is 2.22. The monoisotopic (exact) mass is 234 g/mol. The first-order valence-electron chi connectivity index (χ1n) is 4.76. The summed E-state index contributed by atoms with van der Waals surface area (Å²) in [7, 11) is 0. The van der Waals surface area contributed by atoms with Crippen LogP contribution in [-0.4, -0.2) is 20.4 Å². The number of aryl methyl sites for hydroxylation is 1. The van der Waals surface area contributed by atoms with Gasteiger partial charge in [-0.3, -0.25) is 4.79 Å². The summed E-state index contributed by atoms with van der Waals surface area (Å²) in [5.41, 5.74) is 1.76. The lowest BCUT2D eigenvalue weighted by Crippen LogP contribution is -1.99. The number of carboxylic acid groups (broad SMARTS) is 1. The molecule has 0 radical (unpaired) electrons. The molecule has 0 saturated heterocycles. The molecule has 0 fully saturated rings. The molecule has 0 saturated carbocycles. The van der Waals surface area contributed by atoms with E-state index in [-0.39, 0.29) is 6.42 Å². The minimum atomic E-state index is -0.820. The van der Waals surface area contributed by atoms with Gasteiger partial charge in [-0.05, 0) is 24.0 Å². The van der Waals surface area contributed by atoms with E-state index in [1.54, 1.807) is 12.1 Å². The number of aromatic nitrogens is 2. The number of hydrogen-bond acceptors (Lipinski definition) is 4. The van der Waals surface area contributed by atoms with Crippen LogP contribution in [0.3, 0.4) is 0 Å². The molecule has 2 aromatic rings. The Bertz CT molecular complexity index is 505. The van der Waals surface area contributed by atoms with Gasteiger partial charge in [0, 0.05) is 5.56 Å². The van der Waals surface area contributed by atoms with Crippen LogP contribution in [0.5, 0.6) is 0 Å². The summed E-state index contributed by atoms with van der Waals surface area (Å²) < 4.78 is 4.10. The molecule has 2 rings (SSSR count). The first-order valence-corrected chi connectivity index (χ1v) is 5.54. The lowest BCUT2D eigenvalue weighted by atomic mass is 10.1. The Hall–Kier alpha value is -1.75. The van der Waals surface area contributed by atoms with E-state index in [2.05, 4.69) is 9.36 Å². The molecular formula is C11H10N2O2S. The number of aliphatic carboxylic acids is 1. The summed E-state index contributed by atoms with van der Waals surface area (Å²) in [4.78, 5) is 14.8. The number of benzene rings is 1. The third-order valence-corrected chi connectivity index (χ3v) is 2.94. The molecule has 0 unspecified atom stereocenters. The van der Waals surface area contributed by atoms with E-state index in [9.17, 15) is 4.79 Å². The van der Waals surface area contributed by atoms with E-state index in [0.29, 0.717) is 0 Å². The molecule has 0 bridgehead atoms. The molecule has 0 spiro atoms. The predicted octanol–water partition coefficient (Wildman–Crippen LogP) is 2.14. The zero-order valence-electron chi connectivity index (χ0n) is 8.67. The number of rotatable bonds is 3. The van der Waals surface area contributed by atoms with Crippen molar-refractivity contribution < 1.29 is 9.90 Å². The van der Waals surface area contributed by atoms with Gasteiger partial charge >= 0.3 is 5.97 Å². The second-order valence-corrected chi connectivity index (χ2v) is 4.17. The van der Waals surface area contributed by atoms with Gasteiger partial charge in [0.1, 0.15) is 10.8 Å². The molecule has 1 aromatic carbocycles. The Kier molecular flexibility index (Phi) is 2.96. The number of hydrogen-bond donors (Lipinski definition) is 1. The standard InChI is InChI=1S/C11H10N2O2S/c1-7-12-11(16-13-7)9-4-2-8(3-5-9)6-10(14)15/h2-5H,6H2,1H3,(H,14,15). The van der Waals surface area contributed by atoms with Crippen molar-refractivity contribution in [2.24, 2.45) is 0 Å². The van der Waals surface area contributed by atoms with Gasteiger partial charge < -0.3 is 5.11 Å². The maximum absolute atomic E-state index is 10.5. The molecular weight excluding hydrogens is 224 g/mol. The Labute approximate surface area is 96.8 Å². The van der Waals surface area contributed by atoms with Crippen LogP contribution in [0.4, 0.5) is 0 Å². The van der Waals surface area contributed by atoms with Gasteiger partial charge in [-0.2, -0.15) is 4.37 Å². The number of carbonyl (C=O) groups is 1. The normalized spacial score (nSPS) is 10.3. The summed E-state index contributed by atoms with van der Waals surface area (Å²) in [6.07, 6.45) is 0.0510. The average Bonchev–Trinajstić information content (AvgIpc) is 2.65. The highest BCUT2D eigenvalue weighted by Crippen LogP contribution is 2.21. The van der Waals surface area contributed by atoms with E-state index in [1.165, 1.54) is 11.5 Å². The quantitative estimate of drug-likeness (QED) is 0.883. The Morgan fingerprint density at radius 2 is 2.06 bits per heavy atom. The van der Waals surface area contributed by atoms with Crippen molar-refractivity contribution in [1.82, 2.24) is 9.36 Å². The van der Waals surface area contributed by atoms with Crippen molar-refractivity contribution in [1.29, 1.82) is 0 Å². The molecule has 1 heterocycles. The number of nitrogens with zero attached hydrogens (tertiary/aromatic N) is 2. The van der Waals surface area contributed by atoms with Crippen LogP contribution in [-0.2, 0) is 11.2 Å². The zero-order valence-corrected chi connectivity index (χ0v) is 9.49. The largest absolute Gasteiger partial charge is 0.481 e. The van der Waals surface area contributed by atoms with Crippen molar-refractivity contribution in [3.05, 3.63) is 35.7 Å². The lowest BCUT2D eigenvalue weighted by molar-refractivity contribution is -0.136. The molecule has 0 atom stereocenters. The molecule has 82 valence electrons. The zero-order chi connectivity index (χ0) is 11.5. The van der Waals surface area contributed by atoms with Crippen LogP contribution in [0.2, 0.25) is 0 Å². The fourth-order valence-corrected chi connectivity index (χ4v) is 2.03. The highest BCUT2D eigenvalue weighted by molar-refractivity contribution is 7.09. The third-order valence-electron chi connectivity index (χ3n) is 2.08. The number of carboxylic acids is 1. The van der Waals surface area contributed by atoms with E-state index >= 15 is 0 Å². The van der Waals surface area contributed by atoms with Crippen molar-refractivity contribution in [3.63, 3.8) is 0 Å². The van der Waals surface area contributed by atoms with Crippen LogP contribution >= 0.6 is 11.5 Å². The summed E-state index contributed by atoms with van der Waals surface area (Å²) >= 11 is 1.34. The summed E-state index contributed by atoms with van der Waals surface area (Å²) in [6.45, 7) is 1.85. The first kappa shape index (κ1) is 10.8. The fourth-order valence-electron chi connectivity index (χ4n) is 1.35. The van der Waals surface area contributed by atoms with E-state index in [4.69, 9.17) is 5.11 Å². The highest BCUT2D eigenvalue weighted by atomic mass is 32.1. The molecule has 0 aliphatic carbocycles. The first-order chi connectivity index (χ1) is 7.65. The van der Waals surface area contributed by atoms with Gasteiger partial charge in [-0.1, -0.05) is 24.3 Å². The molecule has 0 aliphatic rings. The molecule has 0 amide bonds. The third kappa shape index (κ3) is 2.43. The molecule has 16 heavy (non-hydrogen) atoms. The van der Waals surface area contributed by atoms with Gasteiger partial charge in [0.2, 0.25) is 0 Å². The van der Waals surface area contributed by atoms with E-state index in [0.717, 1.165) is 22.0 Å². The SMILES string of the molecule is Cc1nsc(-c2ccc(CC(=O)O)cc2)n1. The summed E-state index contributed by atoms with van der Waals surface area (Å²) in [5.74, 6) is -0.0610. The van der Waals surface area contributed by atoms with Crippen LogP contribution in [0.25, 0.3) is 10.6 Å². The van der Waals surface area contributed by atoms with E-state index < -0.39 is 5.97 Å². The second kappa shape index (κ2) is 4.40. The average molecular weight is 234 g/mol. The maximum atomic E-state index is 10.5. The molecule has 4 nitrogen and oxygen atoms in total. The summed E-state index contributed by atoms with van der Waals surface area (Å²) in [6, 6.07) is 7.36. The molecule has 0 aliphatic heterocycles. The molecule has 1 aromatic heterocycles. The van der Waals surface area contributed by atoms with Gasteiger partial charge in [-0.25, -0.2) is 4.98 Å². The fraction of sp³-hybridized carbons (Fsp3) is 0.182. The van der Waals surface area contributed by atoms with Gasteiger partial charge in [0.05, 0.1) is 6.42 Å². The van der Waals surface area contributed by atoms with E-state index in [1.807, 2.05) is 19.1 Å². The highest BCUT2D eigenvalue weighted by Gasteiger charge is 2.05. The predicted molar refractivity (Wildman–Crippen MR) is 61.4 cm³/mol. The molecule has 5 heteroatoms. The lowest BCUT2D eigenvalue weighted by Gasteiger charge is -1.98. The smallest absolute Gasteiger partial charge is 0.307 e. The van der Waals surface area contributed by atoms with Gasteiger partial charge in [-0.15, -0.1) is 0 Å². The Morgan fingerprint density at radius 3 is 2.56 bits per heavy atom. The van der Waals surface area contributed by atoms with Crippen molar-refractivity contribution in [2.45, 2.75) is 13.3 Å². The topological polar surface area (TPSA) is 63.1 Å². The minimum Gasteiger partial charge on any atom is -0.481 e. The second-order valence-electron chi connectivity index (χ2n) is 3.41. The summed E-state index contributed by atoms with van der Waals surface area (Å²) in [5, 5.41) is 9.50. The van der Waals surface area contributed by atoms with Gasteiger partial charge in [0.15, 0.2) is 0 Å². The van der Waals surface area contributed by atoms with Gasteiger partial charge in [0.25, 0.3) is 0 Å². The van der Waals surface area contributed by atoms with Crippen molar-refractivity contribution in [2.75, 3.05) is 0 Å². The maximum Gasteiger partial charge on any atom is 0.307 e. The van der Waals surface area contributed by atoms with Crippen LogP contribution < -0.4 is 0 Å².